The molecular weight excluding hydrogens is 267 g/mol. The van der Waals surface area contributed by atoms with E-state index >= 15 is 0 Å². The van der Waals surface area contributed by atoms with E-state index in [1.54, 1.807) is 12.1 Å². The normalized spacial score (nSPS) is 11.7. The Morgan fingerprint density at radius 2 is 2.11 bits per heavy atom. The lowest BCUT2D eigenvalue weighted by Crippen LogP contribution is -2.12. The van der Waals surface area contributed by atoms with Crippen LogP contribution in [-0.2, 0) is 11.9 Å². The zero-order valence-corrected chi connectivity index (χ0v) is 9.76. The molecule has 2 heterocycles. The maximum atomic E-state index is 12.5. The molecule has 2 aromatic rings. The molecular formula is C10H8F3N3OS. The van der Waals surface area contributed by atoms with Crippen LogP contribution in [0.1, 0.15) is 11.6 Å². The average Bonchev–Trinajstić information content (AvgIpc) is 2.77. The molecule has 0 spiro atoms. The second-order valence-electron chi connectivity index (χ2n) is 3.32. The predicted molar refractivity (Wildman–Crippen MR) is 59.7 cm³/mol. The molecule has 0 fully saturated rings. The van der Waals surface area contributed by atoms with Crippen LogP contribution in [-0.4, -0.2) is 9.97 Å². The number of nitrogen functional groups attached to an aromatic ring is 1. The van der Waals surface area contributed by atoms with Gasteiger partial charge in [0, 0.05) is 6.07 Å². The maximum absolute atomic E-state index is 12.5. The van der Waals surface area contributed by atoms with Gasteiger partial charge in [-0.1, -0.05) is 11.8 Å². The van der Waals surface area contributed by atoms with Gasteiger partial charge in [-0.25, -0.2) is 9.97 Å². The number of aromatic nitrogens is 2. The summed E-state index contributed by atoms with van der Waals surface area (Å²) in [5.41, 5.74) is 5.32. The van der Waals surface area contributed by atoms with Gasteiger partial charge >= 0.3 is 6.18 Å². The SMILES string of the molecule is Nc1cc(SCc2ccco2)nc(C(F)(F)F)n1. The molecule has 0 saturated carbocycles. The number of nitrogens with zero attached hydrogens (tertiary/aromatic N) is 2. The number of nitrogens with two attached hydrogens (primary N) is 1. The van der Waals surface area contributed by atoms with Crippen LogP contribution >= 0.6 is 11.8 Å². The van der Waals surface area contributed by atoms with Gasteiger partial charge in [-0.15, -0.1) is 0 Å². The van der Waals surface area contributed by atoms with Gasteiger partial charge in [0.1, 0.15) is 16.6 Å². The lowest BCUT2D eigenvalue weighted by atomic mass is 10.5. The fourth-order valence-electron chi connectivity index (χ4n) is 1.18. The van der Waals surface area contributed by atoms with Crippen molar-refractivity contribution in [2.24, 2.45) is 0 Å². The number of hydrogen-bond acceptors (Lipinski definition) is 5. The van der Waals surface area contributed by atoms with Gasteiger partial charge in [0.25, 0.3) is 0 Å². The zero-order valence-electron chi connectivity index (χ0n) is 8.94. The van der Waals surface area contributed by atoms with Crippen molar-refractivity contribution in [1.29, 1.82) is 0 Å². The third-order valence-electron chi connectivity index (χ3n) is 1.92. The third kappa shape index (κ3) is 3.16. The van der Waals surface area contributed by atoms with Crippen LogP contribution in [0, 0.1) is 0 Å². The van der Waals surface area contributed by atoms with Crippen LogP contribution in [0.15, 0.2) is 33.9 Å². The summed E-state index contributed by atoms with van der Waals surface area (Å²) in [6.45, 7) is 0. The van der Waals surface area contributed by atoms with Gasteiger partial charge in [-0.3, -0.25) is 0 Å². The van der Waals surface area contributed by atoms with Crippen molar-refractivity contribution < 1.29 is 17.6 Å². The molecule has 96 valence electrons. The number of hydrogen-bond donors (Lipinski definition) is 1. The van der Waals surface area contributed by atoms with Crippen molar-refractivity contribution in [2.75, 3.05) is 5.73 Å². The van der Waals surface area contributed by atoms with Gasteiger partial charge in [0.2, 0.25) is 5.82 Å². The highest BCUT2D eigenvalue weighted by Crippen LogP contribution is 2.29. The lowest BCUT2D eigenvalue weighted by Gasteiger charge is -2.07. The van der Waals surface area contributed by atoms with Gasteiger partial charge in [0.05, 0.1) is 12.0 Å². The van der Waals surface area contributed by atoms with E-state index in [1.807, 2.05) is 0 Å². The van der Waals surface area contributed by atoms with E-state index in [2.05, 4.69) is 9.97 Å². The van der Waals surface area contributed by atoms with Crippen molar-refractivity contribution in [2.45, 2.75) is 17.0 Å². The Kier molecular flexibility index (Phi) is 3.46. The van der Waals surface area contributed by atoms with Crippen molar-refractivity contribution in [3.8, 4) is 0 Å². The van der Waals surface area contributed by atoms with E-state index in [0.717, 1.165) is 11.8 Å². The quantitative estimate of drug-likeness (QED) is 0.689. The molecule has 0 aliphatic rings. The Morgan fingerprint density at radius 3 is 2.72 bits per heavy atom. The van der Waals surface area contributed by atoms with E-state index in [9.17, 15) is 13.2 Å². The summed E-state index contributed by atoms with van der Waals surface area (Å²) >= 11 is 1.10. The van der Waals surface area contributed by atoms with Crippen LogP contribution in [0.4, 0.5) is 19.0 Å². The summed E-state index contributed by atoms with van der Waals surface area (Å²) in [7, 11) is 0. The highest BCUT2D eigenvalue weighted by molar-refractivity contribution is 7.98. The smallest absolute Gasteiger partial charge is 0.451 e. The molecule has 18 heavy (non-hydrogen) atoms. The van der Waals surface area contributed by atoms with Gasteiger partial charge in [-0.05, 0) is 12.1 Å². The first-order valence-corrected chi connectivity index (χ1v) is 5.80. The van der Waals surface area contributed by atoms with E-state index in [-0.39, 0.29) is 10.8 Å². The second-order valence-corrected chi connectivity index (χ2v) is 4.32. The Balaban J connectivity index is 2.15. The largest absolute Gasteiger partial charge is 0.468 e. The molecule has 0 aromatic carbocycles. The monoisotopic (exact) mass is 275 g/mol. The van der Waals surface area contributed by atoms with Crippen LogP contribution < -0.4 is 5.73 Å². The molecule has 0 saturated heterocycles. The summed E-state index contributed by atoms with van der Waals surface area (Å²) in [5, 5.41) is 0.159. The topological polar surface area (TPSA) is 64.9 Å². The molecule has 0 radical (unpaired) electrons. The number of alkyl halides is 3. The Labute approximate surface area is 104 Å². The molecule has 0 aliphatic heterocycles. The average molecular weight is 275 g/mol. The van der Waals surface area contributed by atoms with Crippen molar-refractivity contribution >= 4 is 17.6 Å². The number of furan rings is 1. The van der Waals surface area contributed by atoms with Gasteiger partial charge < -0.3 is 10.2 Å². The van der Waals surface area contributed by atoms with Crippen molar-refractivity contribution in [3.63, 3.8) is 0 Å². The third-order valence-corrected chi connectivity index (χ3v) is 2.85. The molecule has 0 amide bonds. The molecule has 0 unspecified atom stereocenters. The number of rotatable bonds is 3. The number of anilines is 1. The molecule has 2 N–H and O–H groups in total. The van der Waals surface area contributed by atoms with Gasteiger partial charge in [-0.2, -0.15) is 13.2 Å². The summed E-state index contributed by atoms with van der Waals surface area (Å²) in [6.07, 6.45) is -3.11. The molecule has 0 bridgehead atoms. The summed E-state index contributed by atoms with van der Waals surface area (Å²) in [4.78, 5) is 6.56. The first-order chi connectivity index (χ1) is 8.45. The molecule has 2 aromatic heterocycles. The second kappa shape index (κ2) is 4.89. The Morgan fingerprint density at radius 1 is 1.33 bits per heavy atom. The van der Waals surface area contributed by atoms with E-state index in [4.69, 9.17) is 10.2 Å². The first kappa shape index (κ1) is 12.7. The zero-order chi connectivity index (χ0) is 13.2. The van der Waals surface area contributed by atoms with Gasteiger partial charge in [0.15, 0.2) is 0 Å². The molecule has 4 nitrogen and oxygen atoms in total. The Bertz CT molecular complexity index is 528. The number of halogens is 3. The Hall–Kier alpha value is -1.70. The lowest BCUT2D eigenvalue weighted by molar-refractivity contribution is -0.145. The standard InChI is InChI=1S/C10H8F3N3OS/c11-10(12,13)9-15-7(14)4-8(16-9)18-5-6-2-1-3-17-6/h1-4H,5H2,(H2,14,15,16). The van der Waals surface area contributed by atoms with Crippen LogP contribution in [0.25, 0.3) is 0 Å². The minimum Gasteiger partial charge on any atom is -0.468 e. The fraction of sp³-hybridized carbons (Fsp3) is 0.200. The molecule has 2 rings (SSSR count). The van der Waals surface area contributed by atoms with Crippen LogP contribution in [0.2, 0.25) is 0 Å². The molecule has 8 heteroatoms. The van der Waals surface area contributed by atoms with Crippen LogP contribution in [0.5, 0.6) is 0 Å². The molecule has 0 atom stereocenters. The highest BCUT2D eigenvalue weighted by Gasteiger charge is 2.35. The van der Waals surface area contributed by atoms with Crippen molar-refractivity contribution in [1.82, 2.24) is 9.97 Å². The predicted octanol–water partition coefficient (Wildman–Crippen LogP) is 2.96. The molecule has 0 aliphatic carbocycles. The highest BCUT2D eigenvalue weighted by atomic mass is 32.2. The minimum atomic E-state index is -4.60. The number of thioether (sulfide) groups is 1. The van der Waals surface area contributed by atoms with Crippen LogP contribution in [0.3, 0.4) is 0 Å². The maximum Gasteiger partial charge on any atom is 0.451 e. The van der Waals surface area contributed by atoms with E-state index in [0.29, 0.717) is 11.5 Å². The fourth-order valence-corrected chi connectivity index (χ4v) is 1.99. The van der Waals surface area contributed by atoms with E-state index in [1.165, 1.54) is 12.3 Å². The summed E-state index contributed by atoms with van der Waals surface area (Å²) in [6, 6.07) is 4.72. The first-order valence-electron chi connectivity index (χ1n) is 4.82. The summed E-state index contributed by atoms with van der Waals surface area (Å²) < 4.78 is 42.4. The van der Waals surface area contributed by atoms with E-state index < -0.39 is 12.0 Å². The minimum absolute atomic E-state index is 0.159. The summed E-state index contributed by atoms with van der Waals surface area (Å²) in [5.74, 6) is -0.421. The van der Waals surface area contributed by atoms with Crippen molar-refractivity contribution in [3.05, 3.63) is 36.0 Å².